The van der Waals surface area contributed by atoms with E-state index in [-0.39, 0.29) is 5.92 Å². The van der Waals surface area contributed by atoms with Crippen LogP contribution in [0.25, 0.3) is 0 Å². The normalized spacial score (nSPS) is 24.7. The Bertz CT molecular complexity index is 215. The van der Waals surface area contributed by atoms with Gasteiger partial charge in [0.2, 0.25) is 0 Å². The van der Waals surface area contributed by atoms with Crippen LogP contribution < -0.4 is 0 Å². The second kappa shape index (κ2) is 7.05. The van der Waals surface area contributed by atoms with Crippen molar-refractivity contribution in [3.05, 3.63) is 0 Å². The van der Waals surface area contributed by atoms with Gasteiger partial charge in [-0.05, 0) is 12.8 Å². The molecule has 2 nitrogen and oxygen atoms in total. The van der Waals surface area contributed by atoms with Gasteiger partial charge in [-0.1, -0.05) is 40.0 Å². The van der Waals surface area contributed by atoms with E-state index < -0.39 is 0 Å². The highest BCUT2D eigenvalue weighted by Gasteiger charge is 2.27. The molecule has 1 heterocycles. The van der Waals surface area contributed by atoms with E-state index in [9.17, 15) is 4.79 Å². The molecule has 0 N–H and O–H groups in total. The first kappa shape index (κ1) is 13.7. The van der Waals surface area contributed by atoms with Crippen molar-refractivity contribution in [1.29, 1.82) is 0 Å². The third-order valence-electron chi connectivity index (χ3n) is 3.73. The van der Waals surface area contributed by atoms with Crippen LogP contribution in [0.3, 0.4) is 0 Å². The minimum absolute atomic E-state index is 0.259. The number of rotatable bonds is 6. The fourth-order valence-corrected chi connectivity index (χ4v) is 2.66. The number of carbonyl (C=O) groups excluding carboxylic acids is 1. The van der Waals surface area contributed by atoms with Gasteiger partial charge in [-0.15, -0.1) is 0 Å². The average molecular weight is 225 g/mol. The molecule has 0 aliphatic carbocycles. The number of carbonyl (C=O) groups is 1. The Labute approximate surface area is 100 Å². The lowest BCUT2D eigenvalue weighted by Gasteiger charge is -2.36. The number of piperidine rings is 1. The largest absolute Gasteiger partial charge is 0.299 e. The molecule has 1 rings (SSSR count). The maximum atomic E-state index is 11.5. The van der Waals surface area contributed by atoms with Crippen LogP contribution in [-0.2, 0) is 4.79 Å². The second-order valence-electron chi connectivity index (χ2n) is 5.20. The van der Waals surface area contributed by atoms with Crippen LogP contribution in [0.15, 0.2) is 0 Å². The Morgan fingerprint density at radius 3 is 2.62 bits per heavy atom. The molecule has 0 amide bonds. The summed E-state index contributed by atoms with van der Waals surface area (Å²) in [6.45, 7) is 8.59. The summed E-state index contributed by atoms with van der Waals surface area (Å²) in [5.41, 5.74) is 0. The smallest absolute Gasteiger partial charge is 0.138 e. The zero-order valence-electron chi connectivity index (χ0n) is 11.2. The predicted octanol–water partition coefficient (Wildman–Crippen LogP) is 3.26. The number of hydrogen-bond donors (Lipinski definition) is 0. The van der Waals surface area contributed by atoms with Gasteiger partial charge in [0.15, 0.2) is 0 Å². The third kappa shape index (κ3) is 3.89. The predicted molar refractivity (Wildman–Crippen MR) is 68.6 cm³/mol. The first-order chi connectivity index (χ1) is 7.69. The van der Waals surface area contributed by atoms with E-state index in [1.165, 1.54) is 32.1 Å². The maximum absolute atomic E-state index is 11.5. The number of unbranched alkanes of at least 4 members (excludes halogenated alkanes) is 1. The van der Waals surface area contributed by atoms with E-state index in [0.717, 1.165) is 25.6 Å². The molecule has 0 bridgehead atoms. The molecule has 1 aliphatic rings. The van der Waals surface area contributed by atoms with Gasteiger partial charge in [0.25, 0.3) is 0 Å². The molecular formula is C14H27NO. The summed E-state index contributed by atoms with van der Waals surface area (Å²) in [5.74, 6) is 0.719. The third-order valence-corrected chi connectivity index (χ3v) is 3.73. The highest BCUT2D eigenvalue weighted by Crippen LogP contribution is 2.21. The molecular weight excluding hydrogens is 198 g/mol. The Morgan fingerprint density at radius 2 is 2.06 bits per heavy atom. The van der Waals surface area contributed by atoms with E-state index >= 15 is 0 Å². The number of nitrogens with zero attached hydrogens (tertiary/aromatic N) is 1. The molecule has 0 saturated carbocycles. The van der Waals surface area contributed by atoms with Gasteiger partial charge in [0.1, 0.15) is 5.78 Å². The molecule has 2 unspecified atom stereocenters. The van der Waals surface area contributed by atoms with Gasteiger partial charge in [-0.25, -0.2) is 0 Å². The lowest BCUT2D eigenvalue weighted by atomic mass is 9.94. The van der Waals surface area contributed by atoms with Crippen LogP contribution >= 0.6 is 0 Å². The van der Waals surface area contributed by atoms with Crippen LogP contribution in [-0.4, -0.2) is 29.8 Å². The first-order valence-corrected chi connectivity index (χ1v) is 6.95. The summed E-state index contributed by atoms with van der Waals surface area (Å²) < 4.78 is 0. The molecule has 2 heteroatoms. The van der Waals surface area contributed by atoms with Gasteiger partial charge in [0.05, 0.1) is 0 Å². The minimum atomic E-state index is 0.259. The fraction of sp³-hybridized carbons (Fsp3) is 0.929. The van der Waals surface area contributed by atoms with Gasteiger partial charge >= 0.3 is 0 Å². The van der Waals surface area contributed by atoms with Crippen LogP contribution in [0, 0.1) is 5.92 Å². The average Bonchev–Trinajstić information content (AvgIpc) is 2.28. The number of likely N-dealkylation sites (tertiary alicyclic amines) is 1. The Morgan fingerprint density at radius 1 is 1.31 bits per heavy atom. The number of hydrogen-bond acceptors (Lipinski definition) is 2. The van der Waals surface area contributed by atoms with E-state index in [2.05, 4.69) is 25.7 Å². The molecule has 0 aromatic rings. The van der Waals surface area contributed by atoms with E-state index in [4.69, 9.17) is 0 Å². The minimum Gasteiger partial charge on any atom is -0.299 e. The van der Waals surface area contributed by atoms with Gasteiger partial charge in [-0.3, -0.25) is 9.69 Å². The van der Waals surface area contributed by atoms with Crippen molar-refractivity contribution in [2.24, 2.45) is 5.92 Å². The van der Waals surface area contributed by atoms with Gasteiger partial charge < -0.3 is 0 Å². The molecule has 0 aromatic carbocycles. The van der Waals surface area contributed by atoms with Crippen LogP contribution in [0.1, 0.15) is 59.3 Å². The molecule has 0 radical (unpaired) electrons. The zero-order valence-corrected chi connectivity index (χ0v) is 11.2. The van der Waals surface area contributed by atoms with Crippen molar-refractivity contribution < 1.29 is 4.79 Å². The molecule has 1 aliphatic heterocycles. The molecule has 94 valence electrons. The van der Waals surface area contributed by atoms with Gasteiger partial charge in [0, 0.05) is 31.5 Å². The van der Waals surface area contributed by atoms with E-state index in [1.807, 2.05) is 0 Å². The highest BCUT2D eigenvalue weighted by molar-refractivity contribution is 5.81. The second-order valence-corrected chi connectivity index (χ2v) is 5.20. The van der Waals surface area contributed by atoms with Crippen molar-refractivity contribution in [3.63, 3.8) is 0 Å². The molecule has 1 saturated heterocycles. The van der Waals surface area contributed by atoms with Crippen molar-refractivity contribution in [2.45, 2.75) is 65.3 Å². The summed E-state index contributed by atoms with van der Waals surface area (Å²) in [6, 6.07) is 0.723. The topological polar surface area (TPSA) is 20.3 Å². The lowest BCUT2D eigenvalue weighted by Crippen LogP contribution is -2.45. The van der Waals surface area contributed by atoms with Crippen molar-refractivity contribution >= 4 is 5.78 Å². The van der Waals surface area contributed by atoms with Crippen LogP contribution in [0.5, 0.6) is 0 Å². The first-order valence-electron chi connectivity index (χ1n) is 6.95. The van der Waals surface area contributed by atoms with Crippen molar-refractivity contribution in [1.82, 2.24) is 4.90 Å². The molecule has 0 aromatic heterocycles. The molecule has 0 spiro atoms. The molecule has 1 fully saturated rings. The summed E-state index contributed by atoms with van der Waals surface area (Å²) in [6.07, 6.45) is 7.24. The number of ketones is 1. The highest BCUT2D eigenvalue weighted by atomic mass is 16.1. The summed E-state index contributed by atoms with van der Waals surface area (Å²) in [4.78, 5) is 14.1. The molecule has 16 heavy (non-hydrogen) atoms. The van der Waals surface area contributed by atoms with Crippen LogP contribution in [0.2, 0.25) is 0 Å². The fourth-order valence-electron chi connectivity index (χ4n) is 2.66. The van der Waals surface area contributed by atoms with Gasteiger partial charge in [-0.2, -0.15) is 0 Å². The van der Waals surface area contributed by atoms with E-state index in [0.29, 0.717) is 5.78 Å². The molecule has 2 atom stereocenters. The number of Topliss-reactive ketones (excluding diaryl/α,β-unsaturated/α-hetero) is 1. The standard InChI is InChI=1S/C14H27NO/c1-4-6-8-13(7-5-2)15-10-9-14(16)12(3)11-15/h12-13H,4-11H2,1-3H3. The van der Waals surface area contributed by atoms with E-state index in [1.54, 1.807) is 0 Å². The SMILES string of the molecule is CCCCC(CCC)N1CCC(=O)C(C)C1. The Kier molecular flexibility index (Phi) is 6.04. The van der Waals surface area contributed by atoms with Crippen LogP contribution in [0.4, 0.5) is 0 Å². The quantitative estimate of drug-likeness (QED) is 0.691. The van der Waals surface area contributed by atoms with Crippen molar-refractivity contribution in [2.75, 3.05) is 13.1 Å². The Balaban J connectivity index is 2.46. The summed E-state index contributed by atoms with van der Waals surface area (Å²) in [7, 11) is 0. The van der Waals surface area contributed by atoms with Crippen molar-refractivity contribution in [3.8, 4) is 0 Å². The Hall–Kier alpha value is -0.370. The maximum Gasteiger partial charge on any atom is 0.138 e. The lowest BCUT2D eigenvalue weighted by molar-refractivity contribution is -0.126. The summed E-state index contributed by atoms with van der Waals surface area (Å²) in [5, 5.41) is 0. The monoisotopic (exact) mass is 225 g/mol. The summed E-state index contributed by atoms with van der Waals surface area (Å²) >= 11 is 0. The zero-order chi connectivity index (χ0) is 12.0.